The lowest BCUT2D eigenvalue weighted by molar-refractivity contribution is -0.127. The molecule has 27 heavy (non-hydrogen) atoms. The molecule has 2 aromatic carbocycles. The van der Waals surface area contributed by atoms with E-state index in [1.165, 1.54) is 11.8 Å². The Labute approximate surface area is 161 Å². The molecular weight excluding hydrogens is 366 g/mol. The number of carbonyl (C=O) groups excluding carboxylic acids is 2. The van der Waals surface area contributed by atoms with E-state index in [1.807, 2.05) is 17.0 Å². The summed E-state index contributed by atoms with van der Waals surface area (Å²) in [5, 5.41) is 0. The van der Waals surface area contributed by atoms with Gasteiger partial charge in [0.25, 0.3) is 0 Å². The molecule has 4 rings (SSSR count). The highest BCUT2D eigenvalue weighted by Crippen LogP contribution is 2.35. The van der Waals surface area contributed by atoms with Crippen LogP contribution in [-0.4, -0.2) is 42.4 Å². The topological polar surface area (TPSA) is 65.1 Å². The minimum atomic E-state index is -0.467. The first kappa shape index (κ1) is 17.7. The number of thioether (sulfide) groups is 1. The fourth-order valence-corrected chi connectivity index (χ4v) is 4.00. The summed E-state index contributed by atoms with van der Waals surface area (Å²) in [5.74, 6) is 1.53. The number of hydrogen-bond acceptors (Lipinski definition) is 6. The fourth-order valence-electron chi connectivity index (χ4n) is 3.06. The molecule has 0 unspecified atom stereocenters. The Bertz CT molecular complexity index is 863. The zero-order valence-corrected chi connectivity index (χ0v) is 15.5. The van der Waals surface area contributed by atoms with Crippen LogP contribution in [0.15, 0.2) is 47.4 Å². The molecule has 140 valence electrons. The molecule has 0 radical (unpaired) electrons. The minimum Gasteiger partial charge on any atom is -0.454 e. The molecule has 1 fully saturated rings. The van der Waals surface area contributed by atoms with Crippen molar-refractivity contribution in [3.8, 4) is 17.2 Å². The van der Waals surface area contributed by atoms with Crippen LogP contribution in [-0.2, 0) is 4.79 Å². The first-order valence-corrected chi connectivity index (χ1v) is 9.81. The third kappa shape index (κ3) is 4.03. The van der Waals surface area contributed by atoms with E-state index in [1.54, 1.807) is 30.3 Å². The van der Waals surface area contributed by atoms with E-state index in [4.69, 9.17) is 14.2 Å². The highest BCUT2D eigenvalue weighted by molar-refractivity contribution is 8.00. The van der Waals surface area contributed by atoms with Crippen molar-refractivity contribution in [3.63, 3.8) is 0 Å². The largest absolute Gasteiger partial charge is 0.454 e. The maximum absolute atomic E-state index is 12.6. The van der Waals surface area contributed by atoms with E-state index < -0.39 is 5.97 Å². The lowest BCUT2D eigenvalue weighted by atomic mass is 10.2. The third-order valence-electron chi connectivity index (χ3n) is 4.47. The van der Waals surface area contributed by atoms with E-state index in [-0.39, 0.29) is 12.7 Å². The van der Waals surface area contributed by atoms with Gasteiger partial charge in [-0.3, -0.25) is 4.79 Å². The molecule has 2 aliphatic heterocycles. The van der Waals surface area contributed by atoms with Crippen molar-refractivity contribution in [2.24, 2.45) is 0 Å². The molecule has 0 N–H and O–H groups in total. The van der Waals surface area contributed by atoms with E-state index in [9.17, 15) is 9.59 Å². The minimum absolute atomic E-state index is 0.108. The molecule has 2 heterocycles. The summed E-state index contributed by atoms with van der Waals surface area (Å²) in [6.45, 7) is 1.82. The number of hydrogen-bond donors (Lipinski definition) is 0. The van der Waals surface area contributed by atoms with Gasteiger partial charge < -0.3 is 19.1 Å². The van der Waals surface area contributed by atoms with Gasteiger partial charge in [0.05, 0.1) is 11.3 Å². The SMILES string of the molecule is O=C(Oc1ccc2c(c1)OCO2)c1ccccc1SCC(=O)N1CCCC1. The maximum atomic E-state index is 12.6. The van der Waals surface area contributed by atoms with Gasteiger partial charge in [-0.1, -0.05) is 12.1 Å². The monoisotopic (exact) mass is 385 g/mol. The molecular formula is C20H19NO5S. The van der Waals surface area contributed by atoms with Crippen molar-refractivity contribution in [3.05, 3.63) is 48.0 Å². The summed E-state index contributed by atoms with van der Waals surface area (Å²) in [7, 11) is 0. The van der Waals surface area contributed by atoms with Gasteiger partial charge in [-0.25, -0.2) is 4.79 Å². The van der Waals surface area contributed by atoms with Gasteiger partial charge in [0.1, 0.15) is 5.75 Å². The van der Waals surface area contributed by atoms with Crippen LogP contribution in [0.1, 0.15) is 23.2 Å². The standard InChI is InChI=1S/C20H19NO5S/c22-19(21-9-3-4-10-21)12-27-18-6-2-1-5-15(18)20(23)26-14-7-8-16-17(11-14)25-13-24-16/h1-2,5-8,11H,3-4,9-10,12-13H2. The average Bonchev–Trinajstić information content (AvgIpc) is 3.37. The number of carbonyl (C=O) groups is 2. The van der Waals surface area contributed by atoms with Crippen LogP contribution >= 0.6 is 11.8 Å². The Balaban J connectivity index is 1.43. The summed E-state index contributed by atoms with van der Waals surface area (Å²) < 4.78 is 16.1. The second kappa shape index (κ2) is 7.92. The summed E-state index contributed by atoms with van der Waals surface area (Å²) in [4.78, 5) is 27.5. The van der Waals surface area contributed by atoms with Crippen LogP contribution in [0.5, 0.6) is 17.2 Å². The number of benzene rings is 2. The number of rotatable bonds is 5. The first-order valence-electron chi connectivity index (χ1n) is 8.82. The molecule has 0 saturated carbocycles. The van der Waals surface area contributed by atoms with Crippen molar-refractivity contribution < 1.29 is 23.8 Å². The van der Waals surface area contributed by atoms with Gasteiger partial charge >= 0.3 is 5.97 Å². The predicted octanol–water partition coefficient (Wildman–Crippen LogP) is 3.35. The maximum Gasteiger partial charge on any atom is 0.344 e. The van der Waals surface area contributed by atoms with Gasteiger partial charge in [-0.2, -0.15) is 0 Å². The van der Waals surface area contributed by atoms with Crippen LogP contribution in [0.25, 0.3) is 0 Å². The average molecular weight is 385 g/mol. The van der Waals surface area contributed by atoms with Crippen molar-refractivity contribution >= 4 is 23.6 Å². The molecule has 7 heteroatoms. The van der Waals surface area contributed by atoms with Crippen LogP contribution in [0, 0.1) is 0 Å². The molecule has 0 bridgehead atoms. The Kier molecular flexibility index (Phi) is 5.20. The van der Waals surface area contributed by atoms with Gasteiger partial charge in [0, 0.05) is 24.1 Å². The molecule has 0 spiro atoms. The summed E-state index contributed by atoms with van der Waals surface area (Å²) >= 11 is 1.36. The molecule has 1 amide bonds. The number of nitrogens with zero attached hydrogens (tertiary/aromatic N) is 1. The predicted molar refractivity (Wildman–Crippen MR) is 101 cm³/mol. The lowest BCUT2D eigenvalue weighted by Crippen LogP contribution is -2.29. The summed E-state index contributed by atoms with van der Waals surface area (Å²) in [5.41, 5.74) is 0.439. The number of fused-ring (bicyclic) bond motifs is 1. The molecule has 0 aliphatic carbocycles. The molecule has 2 aliphatic rings. The number of ether oxygens (including phenoxy) is 3. The van der Waals surface area contributed by atoms with Crippen LogP contribution in [0.4, 0.5) is 0 Å². The Morgan fingerprint density at radius 1 is 1.04 bits per heavy atom. The molecule has 0 aromatic heterocycles. The Morgan fingerprint density at radius 3 is 2.67 bits per heavy atom. The first-order chi connectivity index (χ1) is 13.2. The van der Waals surface area contributed by atoms with E-state index >= 15 is 0 Å². The Morgan fingerprint density at radius 2 is 1.81 bits per heavy atom. The van der Waals surface area contributed by atoms with Gasteiger partial charge in [0.2, 0.25) is 12.7 Å². The number of esters is 1. The second-order valence-corrected chi connectivity index (χ2v) is 7.29. The Hall–Kier alpha value is -2.67. The number of likely N-dealkylation sites (tertiary alicyclic amines) is 1. The van der Waals surface area contributed by atoms with Crippen molar-refractivity contribution in [1.82, 2.24) is 4.90 Å². The van der Waals surface area contributed by atoms with Gasteiger partial charge in [-0.15, -0.1) is 11.8 Å². The van der Waals surface area contributed by atoms with Crippen LogP contribution < -0.4 is 14.2 Å². The molecule has 1 saturated heterocycles. The normalized spacial score (nSPS) is 15.0. The highest BCUT2D eigenvalue weighted by atomic mass is 32.2. The van der Waals surface area contributed by atoms with Crippen LogP contribution in [0.2, 0.25) is 0 Å². The van der Waals surface area contributed by atoms with Gasteiger partial charge in [0.15, 0.2) is 11.5 Å². The summed E-state index contributed by atoms with van der Waals surface area (Å²) in [6, 6.07) is 12.2. The molecule has 6 nitrogen and oxygen atoms in total. The van der Waals surface area contributed by atoms with E-state index in [0.717, 1.165) is 30.8 Å². The zero-order chi connectivity index (χ0) is 18.6. The fraction of sp³-hybridized carbons (Fsp3) is 0.300. The zero-order valence-electron chi connectivity index (χ0n) is 14.7. The highest BCUT2D eigenvalue weighted by Gasteiger charge is 2.21. The van der Waals surface area contributed by atoms with Crippen molar-refractivity contribution in [2.45, 2.75) is 17.7 Å². The van der Waals surface area contributed by atoms with Gasteiger partial charge in [-0.05, 0) is 37.1 Å². The quantitative estimate of drug-likeness (QED) is 0.447. The van der Waals surface area contributed by atoms with E-state index in [0.29, 0.717) is 28.6 Å². The molecule has 0 atom stereocenters. The smallest absolute Gasteiger partial charge is 0.344 e. The van der Waals surface area contributed by atoms with Crippen molar-refractivity contribution in [1.29, 1.82) is 0 Å². The lowest BCUT2D eigenvalue weighted by Gasteiger charge is -2.15. The molecule has 2 aromatic rings. The van der Waals surface area contributed by atoms with Crippen LogP contribution in [0.3, 0.4) is 0 Å². The third-order valence-corrected chi connectivity index (χ3v) is 5.53. The van der Waals surface area contributed by atoms with E-state index in [2.05, 4.69) is 0 Å². The number of amides is 1. The van der Waals surface area contributed by atoms with Crippen molar-refractivity contribution in [2.75, 3.05) is 25.6 Å². The summed E-state index contributed by atoms with van der Waals surface area (Å²) in [6.07, 6.45) is 2.13. The second-order valence-electron chi connectivity index (χ2n) is 6.28.